The van der Waals surface area contributed by atoms with Crippen LogP contribution in [0.25, 0.3) is 0 Å². The van der Waals surface area contributed by atoms with Gasteiger partial charge in [-0.05, 0) is 13.3 Å². The average molecular weight is 142 g/mol. The van der Waals surface area contributed by atoms with Crippen molar-refractivity contribution in [2.75, 3.05) is 0 Å². The summed E-state index contributed by atoms with van der Waals surface area (Å²) in [6.45, 7) is 8.14. The quantitative estimate of drug-likeness (QED) is 0.507. The van der Waals surface area contributed by atoms with Gasteiger partial charge in [-0.15, -0.1) is 0 Å². The molecule has 0 aromatic carbocycles. The van der Waals surface area contributed by atoms with Crippen LogP contribution < -0.4 is 0 Å². The second-order valence-corrected chi connectivity index (χ2v) is 1.36. The molecular weight excluding hydrogens is 120 g/mol. The molecule has 0 bridgehead atoms. The minimum atomic E-state index is 0. The van der Waals surface area contributed by atoms with E-state index in [1.54, 1.807) is 0 Å². The molecule has 0 nitrogen and oxygen atoms in total. The highest BCUT2D eigenvalue weighted by atomic mass is 13.6. The first-order chi connectivity index (χ1) is 4.41. The van der Waals surface area contributed by atoms with Crippen LogP contribution in [0.4, 0.5) is 0 Å². The van der Waals surface area contributed by atoms with Gasteiger partial charge in [0.15, 0.2) is 0 Å². The fourth-order valence-corrected chi connectivity index (χ4v) is 0.326. The lowest BCUT2D eigenvalue weighted by molar-refractivity contribution is 1.22. The van der Waals surface area contributed by atoms with Gasteiger partial charge in [0.1, 0.15) is 0 Å². The van der Waals surface area contributed by atoms with Gasteiger partial charge in [-0.1, -0.05) is 52.5 Å². The van der Waals surface area contributed by atoms with Crippen LogP contribution in [-0.4, -0.2) is 0 Å². The summed E-state index contributed by atoms with van der Waals surface area (Å²) in [6.07, 6.45) is 9.36. The minimum Gasteiger partial charge on any atom is -0.0877 e. The molecule has 10 heavy (non-hydrogen) atoms. The first kappa shape index (κ1) is 16.2. The third kappa shape index (κ3) is 25.9. The topological polar surface area (TPSA) is 0 Å². The summed E-state index contributed by atoms with van der Waals surface area (Å²) in [5, 5.41) is 0. The second kappa shape index (κ2) is 23.6. The fraction of sp³-hybridized carbons (Fsp3) is 0.600. The van der Waals surface area contributed by atoms with E-state index >= 15 is 0 Å². The Morgan fingerprint density at radius 1 is 1.10 bits per heavy atom. The van der Waals surface area contributed by atoms with Crippen LogP contribution in [-0.2, 0) is 0 Å². The summed E-state index contributed by atoms with van der Waals surface area (Å²) in [5.74, 6) is 0. The molecule has 0 N–H and O–H groups in total. The predicted molar refractivity (Wildman–Crippen MR) is 52.3 cm³/mol. The Kier molecular flexibility index (Phi) is 38.4. The predicted octanol–water partition coefficient (Wildman–Crippen LogP) is 4.19. The van der Waals surface area contributed by atoms with E-state index in [1.807, 2.05) is 32.9 Å². The number of rotatable bonds is 2. The molecule has 0 heterocycles. The molecule has 62 valence electrons. The van der Waals surface area contributed by atoms with Crippen molar-refractivity contribution in [2.45, 2.75) is 41.5 Å². The summed E-state index contributed by atoms with van der Waals surface area (Å²) in [5.41, 5.74) is 0. The normalized spacial score (nSPS) is 8.80. The maximum Gasteiger partial charge on any atom is -0.0376 e. The lowest BCUT2D eigenvalue weighted by Crippen LogP contribution is -1.48. The third-order valence-electron chi connectivity index (χ3n) is 0.675. The molecule has 0 rings (SSSR count). The number of hydrogen-bond acceptors (Lipinski definition) is 0. The smallest absolute Gasteiger partial charge is 0.0376 e. The van der Waals surface area contributed by atoms with Crippen molar-refractivity contribution in [1.29, 1.82) is 0 Å². The monoisotopic (exact) mass is 142 g/mol. The van der Waals surface area contributed by atoms with Crippen molar-refractivity contribution >= 4 is 0 Å². The van der Waals surface area contributed by atoms with Gasteiger partial charge < -0.3 is 0 Å². The van der Waals surface area contributed by atoms with E-state index in [0.717, 1.165) is 6.42 Å². The lowest BCUT2D eigenvalue weighted by atomic mass is 10.4. The molecule has 0 fully saturated rings. The molecule has 0 aliphatic rings. The molecule has 0 heteroatoms. The van der Waals surface area contributed by atoms with Gasteiger partial charge >= 0.3 is 0 Å². The van der Waals surface area contributed by atoms with Gasteiger partial charge in [-0.3, -0.25) is 0 Å². The van der Waals surface area contributed by atoms with Crippen molar-refractivity contribution < 1.29 is 0 Å². The lowest BCUT2D eigenvalue weighted by Gasteiger charge is -1.70. The highest BCUT2D eigenvalue weighted by molar-refractivity contribution is 5.00. The minimum absolute atomic E-state index is 0. The highest BCUT2D eigenvalue weighted by Gasteiger charge is 1.57. The highest BCUT2D eigenvalue weighted by Crippen LogP contribution is 1.79. The van der Waals surface area contributed by atoms with E-state index in [1.165, 1.54) is 0 Å². The summed E-state index contributed by atoms with van der Waals surface area (Å²) < 4.78 is 0. The van der Waals surface area contributed by atoms with Crippen LogP contribution in [0, 0.1) is 0 Å². The summed E-state index contributed by atoms with van der Waals surface area (Å²) in [7, 11) is 0. The molecule has 0 unspecified atom stereocenters. The Balaban J connectivity index is -0.000000149. The summed E-state index contributed by atoms with van der Waals surface area (Å²) >= 11 is 0. The van der Waals surface area contributed by atoms with Crippen molar-refractivity contribution in [3.05, 3.63) is 24.3 Å². The van der Waals surface area contributed by atoms with Gasteiger partial charge in [-0.25, -0.2) is 0 Å². The molecular formula is C10H22. The SMILES string of the molecule is C.C/C=C\C=C/CC.CC. The van der Waals surface area contributed by atoms with Crippen molar-refractivity contribution in [2.24, 2.45) is 0 Å². The molecule has 0 saturated heterocycles. The Labute approximate surface area is 66.7 Å². The Hall–Kier alpha value is -0.520. The van der Waals surface area contributed by atoms with Crippen LogP contribution in [0.2, 0.25) is 0 Å². The Morgan fingerprint density at radius 2 is 1.60 bits per heavy atom. The van der Waals surface area contributed by atoms with Crippen LogP contribution in [0.5, 0.6) is 0 Å². The van der Waals surface area contributed by atoms with Crippen molar-refractivity contribution in [1.82, 2.24) is 0 Å². The molecule has 0 aliphatic carbocycles. The molecule has 0 aliphatic heterocycles. The van der Waals surface area contributed by atoms with E-state index in [0.29, 0.717) is 0 Å². The van der Waals surface area contributed by atoms with E-state index < -0.39 is 0 Å². The van der Waals surface area contributed by atoms with E-state index in [2.05, 4.69) is 19.1 Å². The third-order valence-corrected chi connectivity index (χ3v) is 0.675. The molecule has 0 aromatic heterocycles. The average Bonchev–Trinajstić information content (AvgIpc) is 1.94. The largest absolute Gasteiger partial charge is 0.0877 e. The zero-order chi connectivity index (χ0) is 7.54. The van der Waals surface area contributed by atoms with E-state index in [4.69, 9.17) is 0 Å². The standard InChI is InChI=1S/C7H12.C2H6.CH4/c1-3-5-7-6-4-2;1-2;/h3,5-7H,4H2,1-2H3;1-2H3;1H4/b5-3-,7-6-;;. The molecule has 0 radical (unpaired) electrons. The summed E-state index contributed by atoms with van der Waals surface area (Å²) in [6, 6.07) is 0. The number of hydrogen-bond donors (Lipinski definition) is 0. The number of allylic oxidation sites excluding steroid dienone is 4. The Bertz CT molecular complexity index is 68.1. The Morgan fingerprint density at radius 3 is 1.90 bits per heavy atom. The van der Waals surface area contributed by atoms with Gasteiger partial charge in [-0.2, -0.15) is 0 Å². The van der Waals surface area contributed by atoms with E-state index in [-0.39, 0.29) is 7.43 Å². The molecule has 0 atom stereocenters. The van der Waals surface area contributed by atoms with Crippen LogP contribution in [0.15, 0.2) is 24.3 Å². The van der Waals surface area contributed by atoms with Gasteiger partial charge in [0.25, 0.3) is 0 Å². The maximum absolute atomic E-state index is 2.12. The maximum atomic E-state index is 2.12. The van der Waals surface area contributed by atoms with Crippen LogP contribution in [0.3, 0.4) is 0 Å². The summed E-state index contributed by atoms with van der Waals surface area (Å²) in [4.78, 5) is 0. The zero-order valence-corrected chi connectivity index (χ0v) is 7.02. The van der Waals surface area contributed by atoms with Crippen LogP contribution in [0.1, 0.15) is 41.5 Å². The first-order valence-corrected chi connectivity index (χ1v) is 3.69. The van der Waals surface area contributed by atoms with E-state index in [9.17, 15) is 0 Å². The van der Waals surface area contributed by atoms with Gasteiger partial charge in [0.05, 0.1) is 0 Å². The van der Waals surface area contributed by atoms with Gasteiger partial charge in [0, 0.05) is 0 Å². The molecule has 0 amide bonds. The van der Waals surface area contributed by atoms with Crippen molar-refractivity contribution in [3.63, 3.8) is 0 Å². The first-order valence-electron chi connectivity index (χ1n) is 3.69. The fourth-order valence-electron chi connectivity index (χ4n) is 0.326. The second-order valence-electron chi connectivity index (χ2n) is 1.36. The molecule has 0 spiro atoms. The molecule has 0 aromatic rings. The van der Waals surface area contributed by atoms with Crippen molar-refractivity contribution in [3.8, 4) is 0 Å². The zero-order valence-electron chi connectivity index (χ0n) is 7.02. The molecule has 0 saturated carbocycles. The van der Waals surface area contributed by atoms with Gasteiger partial charge in [0.2, 0.25) is 0 Å². The van der Waals surface area contributed by atoms with Crippen LogP contribution >= 0.6 is 0 Å².